The van der Waals surface area contributed by atoms with Gasteiger partial charge in [0.25, 0.3) is 5.91 Å². The molecule has 0 spiro atoms. The maximum Gasteiger partial charge on any atom is 0.257 e. The lowest BCUT2D eigenvalue weighted by molar-refractivity contribution is -0.123. The molecular formula is C21H25N3O4S. The highest BCUT2D eigenvalue weighted by Gasteiger charge is 2.07. The maximum absolute atomic E-state index is 12.0. The lowest BCUT2D eigenvalue weighted by Gasteiger charge is -2.09. The van der Waals surface area contributed by atoms with Crippen molar-refractivity contribution in [2.45, 2.75) is 13.8 Å². The van der Waals surface area contributed by atoms with Crippen LogP contribution in [-0.4, -0.2) is 42.4 Å². The van der Waals surface area contributed by atoms with Gasteiger partial charge >= 0.3 is 0 Å². The molecule has 0 saturated carbocycles. The molecule has 0 aliphatic carbocycles. The fraction of sp³-hybridized carbons (Fsp3) is 0.286. The van der Waals surface area contributed by atoms with Crippen LogP contribution in [0.15, 0.2) is 48.5 Å². The van der Waals surface area contributed by atoms with E-state index in [1.165, 1.54) is 11.8 Å². The quantitative estimate of drug-likeness (QED) is 0.555. The minimum absolute atomic E-state index is 0.0548. The third-order valence-electron chi connectivity index (χ3n) is 3.65. The van der Waals surface area contributed by atoms with Crippen LogP contribution in [0.2, 0.25) is 0 Å². The minimum Gasteiger partial charge on any atom is -0.484 e. The summed E-state index contributed by atoms with van der Waals surface area (Å²) in [6.07, 6.45) is 0. The van der Waals surface area contributed by atoms with Crippen molar-refractivity contribution >= 4 is 40.9 Å². The van der Waals surface area contributed by atoms with Crippen LogP contribution in [0.25, 0.3) is 0 Å². The van der Waals surface area contributed by atoms with Gasteiger partial charge in [0.15, 0.2) is 6.61 Å². The molecule has 0 fully saturated rings. The molecule has 2 rings (SSSR count). The molecule has 0 unspecified atom stereocenters. The molecule has 0 heterocycles. The average Bonchev–Trinajstić information content (AvgIpc) is 2.67. The Morgan fingerprint density at radius 3 is 2.17 bits per heavy atom. The van der Waals surface area contributed by atoms with Gasteiger partial charge in [-0.1, -0.05) is 12.1 Å². The predicted molar refractivity (Wildman–Crippen MR) is 116 cm³/mol. The Morgan fingerprint density at radius 1 is 0.897 bits per heavy atom. The van der Waals surface area contributed by atoms with Gasteiger partial charge < -0.3 is 20.7 Å². The van der Waals surface area contributed by atoms with Crippen molar-refractivity contribution in [3.63, 3.8) is 0 Å². The fourth-order valence-electron chi connectivity index (χ4n) is 2.38. The maximum atomic E-state index is 12.0. The zero-order chi connectivity index (χ0) is 21.1. The largest absolute Gasteiger partial charge is 0.484 e. The standard InChI is InChI=1S/C21H25N3O4S/c1-3-22-19(25)12-28-18-9-7-16(8-10-18)23-20(26)13-29-14-21(27)24-17-6-4-5-15(2)11-17/h4-11H,3,12-14H2,1-2H3,(H,22,25)(H,23,26)(H,24,27). The number of ether oxygens (including phenoxy) is 1. The van der Waals surface area contributed by atoms with Crippen molar-refractivity contribution < 1.29 is 19.1 Å². The number of likely N-dealkylation sites (N-methyl/N-ethyl adjacent to an activating group) is 1. The molecular weight excluding hydrogens is 390 g/mol. The van der Waals surface area contributed by atoms with E-state index < -0.39 is 0 Å². The summed E-state index contributed by atoms with van der Waals surface area (Å²) < 4.78 is 5.35. The summed E-state index contributed by atoms with van der Waals surface area (Å²) in [4.78, 5) is 35.3. The first-order valence-electron chi connectivity index (χ1n) is 9.20. The lowest BCUT2D eigenvalue weighted by atomic mass is 10.2. The van der Waals surface area contributed by atoms with Crippen LogP contribution in [-0.2, 0) is 14.4 Å². The molecule has 0 saturated heterocycles. The first kappa shape index (κ1) is 22.3. The third-order valence-corrected chi connectivity index (χ3v) is 4.58. The Balaban J connectivity index is 1.68. The van der Waals surface area contributed by atoms with Crippen LogP contribution in [0.4, 0.5) is 11.4 Å². The van der Waals surface area contributed by atoms with Gasteiger partial charge in [0.2, 0.25) is 11.8 Å². The van der Waals surface area contributed by atoms with E-state index in [1.807, 2.05) is 38.1 Å². The summed E-state index contributed by atoms with van der Waals surface area (Å²) in [6, 6.07) is 14.3. The highest BCUT2D eigenvalue weighted by atomic mass is 32.2. The number of anilines is 2. The molecule has 3 N–H and O–H groups in total. The monoisotopic (exact) mass is 415 g/mol. The van der Waals surface area contributed by atoms with E-state index in [1.54, 1.807) is 24.3 Å². The molecule has 8 heteroatoms. The van der Waals surface area contributed by atoms with Crippen LogP contribution < -0.4 is 20.7 Å². The average molecular weight is 416 g/mol. The number of benzene rings is 2. The van der Waals surface area contributed by atoms with Gasteiger partial charge in [-0.15, -0.1) is 11.8 Å². The summed E-state index contributed by atoms with van der Waals surface area (Å²) in [7, 11) is 0. The van der Waals surface area contributed by atoms with Crippen LogP contribution in [0.1, 0.15) is 12.5 Å². The Kier molecular flexibility index (Phi) is 9.04. The van der Waals surface area contributed by atoms with Crippen molar-refractivity contribution in [1.29, 1.82) is 0 Å². The number of rotatable bonds is 10. The number of carbonyl (C=O) groups is 3. The smallest absolute Gasteiger partial charge is 0.257 e. The summed E-state index contributed by atoms with van der Waals surface area (Å²) in [5, 5.41) is 8.21. The molecule has 2 aromatic rings. The number of hydrogen-bond acceptors (Lipinski definition) is 5. The molecule has 0 atom stereocenters. The van der Waals surface area contributed by atoms with Crippen molar-refractivity contribution in [2.75, 3.05) is 35.3 Å². The van der Waals surface area contributed by atoms with Gasteiger partial charge in [0, 0.05) is 17.9 Å². The molecule has 0 radical (unpaired) electrons. The fourth-order valence-corrected chi connectivity index (χ4v) is 3.00. The number of carbonyl (C=O) groups excluding carboxylic acids is 3. The minimum atomic E-state index is -0.200. The summed E-state index contributed by atoms with van der Waals surface area (Å²) in [5.74, 6) is 0.353. The number of amides is 3. The van der Waals surface area contributed by atoms with Crippen molar-refractivity contribution in [1.82, 2.24) is 5.32 Å². The topological polar surface area (TPSA) is 96.5 Å². The highest BCUT2D eigenvalue weighted by molar-refractivity contribution is 8.00. The van der Waals surface area contributed by atoms with E-state index in [2.05, 4.69) is 16.0 Å². The van der Waals surface area contributed by atoms with Gasteiger partial charge in [0.05, 0.1) is 11.5 Å². The summed E-state index contributed by atoms with van der Waals surface area (Å²) in [6.45, 7) is 4.29. The molecule has 3 amide bonds. The molecule has 0 aliphatic rings. The molecule has 0 bridgehead atoms. The Labute approximate surface area is 174 Å². The van der Waals surface area contributed by atoms with E-state index in [4.69, 9.17) is 4.74 Å². The highest BCUT2D eigenvalue weighted by Crippen LogP contribution is 2.16. The van der Waals surface area contributed by atoms with Crippen LogP contribution in [0.5, 0.6) is 5.75 Å². The van der Waals surface area contributed by atoms with Gasteiger partial charge in [-0.2, -0.15) is 0 Å². The van der Waals surface area contributed by atoms with Crippen LogP contribution in [0, 0.1) is 6.92 Å². The summed E-state index contributed by atoms with van der Waals surface area (Å²) >= 11 is 1.24. The Bertz CT molecular complexity index is 840. The van der Waals surface area contributed by atoms with E-state index in [0.717, 1.165) is 11.3 Å². The second-order valence-electron chi connectivity index (χ2n) is 6.23. The van der Waals surface area contributed by atoms with Crippen molar-refractivity contribution in [3.8, 4) is 5.75 Å². The van der Waals surface area contributed by atoms with E-state index >= 15 is 0 Å². The molecule has 154 valence electrons. The van der Waals surface area contributed by atoms with E-state index in [9.17, 15) is 14.4 Å². The normalized spacial score (nSPS) is 10.1. The number of aryl methyl sites for hydroxylation is 1. The van der Waals surface area contributed by atoms with E-state index in [-0.39, 0.29) is 35.8 Å². The third kappa shape index (κ3) is 8.69. The van der Waals surface area contributed by atoms with Crippen LogP contribution in [0.3, 0.4) is 0 Å². The number of hydrogen-bond donors (Lipinski definition) is 3. The van der Waals surface area contributed by atoms with Crippen LogP contribution >= 0.6 is 11.8 Å². The van der Waals surface area contributed by atoms with Crippen molar-refractivity contribution in [3.05, 3.63) is 54.1 Å². The van der Waals surface area contributed by atoms with Crippen molar-refractivity contribution in [2.24, 2.45) is 0 Å². The zero-order valence-electron chi connectivity index (χ0n) is 16.5. The molecule has 7 nitrogen and oxygen atoms in total. The molecule has 0 aliphatic heterocycles. The lowest BCUT2D eigenvalue weighted by Crippen LogP contribution is -2.28. The SMILES string of the molecule is CCNC(=O)COc1ccc(NC(=O)CSCC(=O)Nc2cccc(C)c2)cc1. The van der Waals surface area contributed by atoms with Gasteiger partial charge in [-0.3, -0.25) is 14.4 Å². The van der Waals surface area contributed by atoms with Gasteiger partial charge in [0.1, 0.15) is 5.75 Å². The first-order chi connectivity index (χ1) is 14.0. The Hall–Kier alpha value is -3.00. The molecule has 29 heavy (non-hydrogen) atoms. The first-order valence-corrected chi connectivity index (χ1v) is 10.4. The predicted octanol–water partition coefficient (Wildman–Crippen LogP) is 2.82. The Morgan fingerprint density at radius 2 is 1.55 bits per heavy atom. The second kappa shape index (κ2) is 11.8. The number of thioether (sulfide) groups is 1. The summed E-state index contributed by atoms with van der Waals surface area (Å²) in [5.41, 5.74) is 2.43. The molecule has 2 aromatic carbocycles. The van der Waals surface area contributed by atoms with Gasteiger partial charge in [-0.05, 0) is 55.8 Å². The number of nitrogens with one attached hydrogen (secondary N) is 3. The molecule has 0 aromatic heterocycles. The second-order valence-corrected chi connectivity index (χ2v) is 7.21. The van der Waals surface area contributed by atoms with Gasteiger partial charge in [-0.25, -0.2) is 0 Å². The van der Waals surface area contributed by atoms with E-state index in [0.29, 0.717) is 18.0 Å². The zero-order valence-corrected chi connectivity index (χ0v) is 17.3.